The van der Waals surface area contributed by atoms with Crippen LogP contribution in [-0.2, 0) is 0 Å². The molecule has 1 aliphatic rings. The largest absolute Gasteiger partial charge is 0.485 e. The van der Waals surface area contributed by atoms with Crippen molar-refractivity contribution in [2.45, 2.75) is 18.9 Å². The number of hydrogen-bond donors (Lipinski definition) is 1. The fourth-order valence-corrected chi connectivity index (χ4v) is 4.02. The summed E-state index contributed by atoms with van der Waals surface area (Å²) in [7, 11) is 4.19. The summed E-state index contributed by atoms with van der Waals surface area (Å²) in [6.45, 7) is 5.43. The first-order chi connectivity index (χ1) is 12.3. The SMILES string of the molecule is CNCCC(Oc1cccc(N2CCCN(C)CC2)c1)c1cccs1. The Morgan fingerprint density at radius 1 is 1.16 bits per heavy atom. The summed E-state index contributed by atoms with van der Waals surface area (Å²) < 4.78 is 6.38. The molecule has 5 heteroatoms. The van der Waals surface area contributed by atoms with Crippen LogP contribution >= 0.6 is 11.3 Å². The summed E-state index contributed by atoms with van der Waals surface area (Å²) in [5.41, 5.74) is 1.27. The summed E-state index contributed by atoms with van der Waals surface area (Å²) in [4.78, 5) is 6.17. The summed E-state index contributed by atoms with van der Waals surface area (Å²) in [5, 5.41) is 5.35. The molecule has 3 rings (SSSR count). The highest BCUT2D eigenvalue weighted by Gasteiger charge is 2.16. The predicted octanol–water partition coefficient (Wildman–Crippen LogP) is 3.62. The first kappa shape index (κ1) is 18.2. The average molecular weight is 360 g/mol. The third-order valence-corrected chi connectivity index (χ3v) is 5.66. The molecule has 0 spiro atoms. The van der Waals surface area contributed by atoms with E-state index in [1.54, 1.807) is 11.3 Å². The first-order valence-corrected chi connectivity index (χ1v) is 10.0. The number of ether oxygens (including phenoxy) is 1. The number of thiophene rings is 1. The van der Waals surface area contributed by atoms with Crippen LogP contribution in [0.1, 0.15) is 23.8 Å². The number of anilines is 1. The van der Waals surface area contributed by atoms with Crippen molar-refractivity contribution in [2.75, 3.05) is 51.7 Å². The van der Waals surface area contributed by atoms with Crippen LogP contribution in [0.25, 0.3) is 0 Å². The van der Waals surface area contributed by atoms with E-state index in [2.05, 4.69) is 63.9 Å². The molecule has 25 heavy (non-hydrogen) atoms. The van der Waals surface area contributed by atoms with E-state index in [0.717, 1.165) is 38.3 Å². The highest BCUT2D eigenvalue weighted by molar-refractivity contribution is 7.10. The second-order valence-corrected chi connectivity index (χ2v) is 7.63. The van der Waals surface area contributed by atoms with Crippen molar-refractivity contribution < 1.29 is 4.74 Å². The van der Waals surface area contributed by atoms with Gasteiger partial charge in [0.15, 0.2) is 0 Å². The molecule has 2 heterocycles. The first-order valence-electron chi connectivity index (χ1n) is 9.14. The lowest BCUT2D eigenvalue weighted by molar-refractivity contribution is 0.199. The van der Waals surface area contributed by atoms with Gasteiger partial charge in [-0.2, -0.15) is 0 Å². The van der Waals surface area contributed by atoms with Crippen molar-refractivity contribution in [3.63, 3.8) is 0 Å². The molecule has 1 unspecified atom stereocenters. The number of rotatable bonds is 7. The van der Waals surface area contributed by atoms with Crippen molar-refractivity contribution in [1.29, 1.82) is 0 Å². The van der Waals surface area contributed by atoms with Crippen LogP contribution in [0.2, 0.25) is 0 Å². The molecule has 1 aromatic heterocycles. The topological polar surface area (TPSA) is 27.7 Å². The van der Waals surface area contributed by atoms with Crippen molar-refractivity contribution in [1.82, 2.24) is 10.2 Å². The van der Waals surface area contributed by atoms with Gasteiger partial charge in [-0.15, -0.1) is 11.3 Å². The Kier molecular flexibility index (Phi) is 6.73. The Hall–Kier alpha value is -1.56. The van der Waals surface area contributed by atoms with Gasteiger partial charge >= 0.3 is 0 Å². The second-order valence-electron chi connectivity index (χ2n) is 6.66. The Morgan fingerprint density at radius 2 is 2.08 bits per heavy atom. The maximum absolute atomic E-state index is 6.38. The third kappa shape index (κ3) is 5.21. The molecule has 0 bridgehead atoms. The lowest BCUT2D eigenvalue weighted by Crippen LogP contribution is -2.28. The zero-order chi connectivity index (χ0) is 17.5. The zero-order valence-electron chi connectivity index (χ0n) is 15.3. The van der Waals surface area contributed by atoms with E-state index >= 15 is 0 Å². The Labute approximate surface area is 155 Å². The fourth-order valence-electron chi connectivity index (χ4n) is 3.23. The molecule has 2 aromatic rings. The number of nitrogens with zero attached hydrogens (tertiary/aromatic N) is 2. The van der Waals surface area contributed by atoms with Crippen LogP contribution in [-0.4, -0.2) is 51.7 Å². The van der Waals surface area contributed by atoms with Crippen LogP contribution in [0.5, 0.6) is 5.75 Å². The van der Waals surface area contributed by atoms with Gasteiger partial charge in [0.25, 0.3) is 0 Å². The quantitative estimate of drug-likeness (QED) is 0.817. The van der Waals surface area contributed by atoms with Gasteiger partial charge in [0, 0.05) is 42.7 Å². The second kappa shape index (κ2) is 9.22. The lowest BCUT2D eigenvalue weighted by atomic mass is 10.2. The van der Waals surface area contributed by atoms with E-state index in [0.29, 0.717) is 0 Å². The molecule has 1 N–H and O–H groups in total. The maximum atomic E-state index is 6.38. The van der Waals surface area contributed by atoms with Gasteiger partial charge in [-0.3, -0.25) is 0 Å². The van der Waals surface area contributed by atoms with Crippen molar-refractivity contribution in [2.24, 2.45) is 0 Å². The molecule has 136 valence electrons. The summed E-state index contributed by atoms with van der Waals surface area (Å²) in [6, 6.07) is 12.9. The molecule has 0 radical (unpaired) electrons. The smallest absolute Gasteiger partial charge is 0.134 e. The van der Waals surface area contributed by atoms with E-state index in [4.69, 9.17) is 4.74 Å². The fraction of sp³-hybridized carbons (Fsp3) is 0.500. The van der Waals surface area contributed by atoms with E-state index in [1.165, 1.54) is 23.5 Å². The van der Waals surface area contributed by atoms with E-state index in [1.807, 2.05) is 7.05 Å². The summed E-state index contributed by atoms with van der Waals surface area (Å²) in [5.74, 6) is 0.963. The van der Waals surface area contributed by atoms with Gasteiger partial charge in [0.1, 0.15) is 11.9 Å². The summed E-state index contributed by atoms with van der Waals surface area (Å²) in [6.07, 6.45) is 2.29. The van der Waals surface area contributed by atoms with Crippen LogP contribution in [0, 0.1) is 0 Å². The van der Waals surface area contributed by atoms with Crippen LogP contribution in [0.3, 0.4) is 0 Å². The van der Waals surface area contributed by atoms with Crippen molar-refractivity contribution in [3.05, 3.63) is 46.7 Å². The van der Waals surface area contributed by atoms with Crippen molar-refractivity contribution >= 4 is 17.0 Å². The Bertz CT molecular complexity index is 632. The molecule has 1 fully saturated rings. The van der Waals surface area contributed by atoms with Gasteiger partial charge < -0.3 is 19.9 Å². The van der Waals surface area contributed by atoms with Crippen LogP contribution in [0.4, 0.5) is 5.69 Å². The van der Waals surface area contributed by atoms with Crippen molar-refractivity contribution in [3.8, 4) is 5.75 Å². The summed E-state index contributed by atoms with van der Waals surface area (Å²) >= 11 is 1.77. The van der Waals surface area contributed by atoms with Gasteiger partial charge in [0.05, 0.1) is 0 Å². The van der Waals surface area contributed by atoms with Gasteiger partial charge in [-0.05, 0) is 57.2 Å². The molecular weight excluding hydrogens is 330 g/mol. The number of likely N-dealkylation sites (N-methyl/N-ethyl adjacent to an activating group) is 1. The molecule has 0 aliphatic carbocycles. The minimum absolute atomic E-state index is 0.109. The molecule has 0 saturated carbocycles. The predicted molar refractivity (Wildman–Crippen MR) is 107 cm³/mol. The van der Waals surface area contributed by atoms with E-state index in [-0.39, 0.29) is 6.10 Å². The molecular formula is C20H29N3OS. The minimum Gasteiger partial charge on any atom is -0.485 e. The molecule has 0 amide bonds. The molecule has 1 saturated heterocycles. The molecule has 1 aliphatic heterocycles. The number of benzene rings is 1. The number of nitrogens with one attached hydrogen (secondary N) is 1. The van der Waals surface area contributed by atoms with E-state index < -0.39 is 0 Å². The highest BCUT2D eigenvalue weighted by atomic mass is 32.1. The maximum Gasteiger partial charge on any atom is 0.134 e. The van der Waals surface area contributed by atoms with Crippen LogP contribution < -0.4 is 15.0 Å². The lowest BCUT2D eigenvalue weighted by Gasteiger charge is -2.24. The number of hydrogen-bond acceptors (Lipinski definition) is 5. The zero-order valence-corrected chi connectivity index (χ0v) is 16.1. The molecule has 4 nitrogen and oxygen atoms in total. The normalized spacial score (nSPS) is 17.3. The highest BCUT2D eigenvalue weighted by Crippen LogP contribution is 2.30. The van der Waals surface area contributed by atoms with Gasteiger partial charge in [0.2, 0.25) is 0 Å². The monoisotopic (exact) mass is 359 g/mol. The van der Waals surface area contributed by atoms with Gasteiger partial charge in [-0.1, -0.05) is 12.1 Å². The van der Waals surface area contributed by atoms with E-state index in [9.17, 15) is 0 Å². The third-order valence-electron chi connectivity index (χ3n) is 4.70. The molecule has 1 atom stereocenters. The minimum atomic E-state index is 0.109. The standard InChI is InChI=1S/C20H29N3OS/c1-21-10-9-19(20-8-4-15-25-20)24-18-7-3-6-17(16-18)23-12-5-11-22(2)13-14-23/h3-4,6-8,15-16,19,21H,5,9-14H2,1-2H3. The van der Waals surface area contributed by atoms with Gasteiger partial charge in [-0.25, -0.2) is 0 Å². The molecule has 1 aromatic carbocycles. The Balaban J connectivity index is 1.71. The Morgan fingerprint density at radius 3 is 2.88 bits per heavy atom. The average Bonchev–Trinajstić information content (AvgIpc) is 3.07. The van der Waals surface area contributed by atoms with Crippen LogP contribution in [0.15, 0.2) is 41.8 Å².